The van der Waals surface area contributed by atoms with Crippen molar-refractivity contribution < 1.29 is 4.79 Å². The van der Waals surface area contributed by atoms with Gasteiger partial charge in [-0.1, -0.05) is 24.3 Å². The van der Waals surface area contributed by atoms with Crippen LogP contribution >= 0.6 is 11.3 Å². The van der Waals surface area contributed by atoms with E-state index in [-0.39, 0.29) is 5.91 Å². The molecular formula is C16H20N6OS. The van der Waals surface area contributed by atoms with Crippen molar-refractivity contribution in [3.8, 4) is 0 Å². The molecule has 3 heterocycles. The lowest BCUT2D eigenvalue weighted by Gasteiger charge is -2.15. The summed E-state index contributed by atoms with van der Waals surface area (Å²) in [5, 5.41) is 12.3. The van der Waals surface area contributed by atoms with Crippen LogP contribution in [0.4, 0.5) is 5.13 Å². The molecule has 7 nitrogen and oxygen atoms in total. The van der Waals surface area contributed by atoms with E-state index in [1.165, 1.54) is 11.3 Å². The van der Waals surface area contributed by atoms with E-state index in [4.69, 9.17) is 0 Å². The number of aryl methyl sites for hydroxylation is 1. The quantitative estimate of drug-likeness (QED) is 0.711. The van der Waals surface area contributed by atoms with E-state index in [9.17, 15) is 4.79 Å². The highest BCUT2D eigenvalue weighted by Crippen LogP contribution is 2.15. The van der Waals surface area contributed by atoms with Crippen molar-refractivity contribution >= 4 is 28.0 Å². The molecule has 3 rings (SSSR count). The molecule has 1 N–H and O–H groups in total. The summed E-state index contributed by atoms with van der Waals surface area (Å²) in [5.41, 5.74) is 2.03. The van der Waals surface area contributed by atoms with Crippen molar-refractivity contribution in [3.05, 3.63) is 41.3 Å². The van der Waals surface area contributed by atoms with Crippen LogP contribution in [-0.2, 0) is 17.8 Å². The fourth-order valence-corrected chi connectivity index (χ4v) is 3.07. The molecule has 126 valence electrons. The third-order valence-corrected chi connectivity index (χ3v) is 4.64. The minimum absolute atomic E-state index is 0.0428. The van der Waals surface area contributed by atoms with Gasteiger partial charge in [0.15, 0.2) is 0 Å². The zero-order valence-corrected chi connectivity index (χ0v) is 14.6. The molecule has 3 aromatic heterocycles. The topological polar surface area (TPSA) is 75.4 Å². The lowest BCUT2D eigenvalue weighted by Crippen LogP contribution is -2.24. The molecule has 1 amide bonds. The number of imidazole rings is 1. The Morgan fingerprint density at radius 3 is 3.04 bits per heavy atom. The molecule has 24 heavy (non-hydrogen) atoms. The summed E-state index contributed by atoms with van der Waals surface area (Å²) >= 11 is 1.42. The van der Waals surface area contributed by atoms with E-state index in [1.54, 1.807) is 0 Å². The Hall–Kier alpha value is -2.32. The molecule has 0 aliphatic rings. The minimum atomic E-state index is -0.0428. The molecule has 0 spiro atoms. The van der Waals surface area contributed by atoms with Crippen LogP contribution in [0.25, 0.3) is 5.65 Å². The first-order valence-corrected chi connectivity index (χ1v) is 8.69. The van der Waals surface area contributed by atoms with E-state index >= 15 is 0 Å². The molecule has 0 aliphatic carbocycles. The second kappa shape index (κ2) is 7.50. The van der Waals surface area contributed by atoms with E-state index in [1.807, 2.05) is 44.6 Å². The van der Waals surface area contributed by atoms with Gasteiger partial charge >= 0.3 is 0 Å². The van der Waals surface area contributed by atoms with Gasteiger partial charge in [-0.05, 0) is 25.6 Å². The normalized spacial score (nSPS) is 11.3. The molecule has 8 heteroatoms. The van der Waals surface area contributed by atoms with Crippen LogP contribution in [-0.4, -0.2) is 44.0 Å². The van der Waals surface area contributed by atoms with Crippen molar-refractivity contribution in [1.29, 1.82) is 0 Å². The van der Waals surface area contributed by atoms with Crippen LogP contribution in [0.3, 0.4) is 0 Å². The molecular weight excluding hydrogens is 324 g/mol. The lowest BCUT2D eigenvalue weighted by molar-refractivity contribution is -0.116. The number of fused-ring (bicyclic) bond motifs is 1. The number of pyridine rings is 1. The van der Waals surface area contributed by atoms with Crippen LogP contribution in [0.1, 0.15) is 24.0 Å². The largest absolute Gasteiger partial charge is 0.303 e. The number of carbonyl (C=O) groups is 1. The maximum atomic E-state index is 12.0. The summed E-state index contributed by atoms with van der Waals surface area (Å²) in [5.74, 6) is -0.0428. The van der Waals surface area contributed by atoms with Gasteiger partial charge in [0, 0.05) is 25.7 Å². The van der Waals surface area contributed by atoms with E-state index in [0.717, 1.165) is 29.3 Å². The van der Waals surface area contributed by atoms with Gasteiger partial charge in [-0.15, -0.1) is 10.2 Å². The van der Waals surface area contributed by atoms with E-state index < -0.39 is 0 Å². The Labute approximate surface area is 144 Å². The average molecular weight is 344 g/mol. The molecule has 0 radical (unpaired) electrons. The highest BCUT2D eigenvalue weighted by atomic mass is 32.1. The summed E-state index contributed by atoms with van der Waals surface area (Å²) in [6.45, 7) is 3.41. The number of carbonyl (C=O) groups excluding carboxylic acids is 1. The molecule has 0 saturated heterocycles. The second-order valence-electron chi connectivity index (χ2n) is 5.57. The third-order valence-electron chi connectivity index (χ3n) is 3.66. The summed E-state index contributed by atoms with van der Waals surface area (Å²) < 4.78 is 2.06. The zero-order valence-electron chi connectivity index (χ0n) is 13.8. The number of anilines is 1. The van der Waals surface area contributed by atoms with Crippen molar-refractivity contribution in [2.45, 2.75) is 26.3 Å². The van der Waals surface area contributed by atoms with Crippen LogP contribution in [0.5, 0.6) is 0 Å². The van der Waals surface area contributed by atoms with Gasteiger partial charge in [0.1, 0.15) is 10.7 Å². The summed E-state index contributed by atoms with van der Waals surface area (Å²) in [6.07, 6.45) is 5.11. The van der Waals surface area contributed by atoms with Crippen LogP contribution in [0.15, 0.2) is 30.6 Å². The average Bonchev–Trinajstić information content (AvgIpc) is 3.20. The number of nitrogens with zero attached hydrogens (tertiary/aromatic N) is 5. The standard InChI is InChI=1S/C16H20N6OS/c1-3-15-19-20-16(24-15)18-14(23)7-9-21(2)11-12-10-17-13-6-4-5-8-22(12)13/h4-6,8,10H,3,7,9,11H2,1-2H3,(H,18,20,23). The Balaban J connectivity index is 1.50. The zero-order chi connectivity index (χ0) is 16.9. The predicted octanol–water partition coefficient (Wildman–Crippen LogP) is 2.21. The molecule has 0 unspecified atom stereocenters. The number of rotatable bonds is 7. The Bertz CT molecular complexity index is 827. The number of nitrogens with one attached hydrogen (secondary N) is 1. The van der Waals surface area contributed by atoms with Gasteiger partial charge in [-0.2, -0.15) is 0 Å². The highest BCUT2D eigenvalue weighted by Gasteiger charge is 2.10. The monoisotopic (exact) mass is 344 g/mol. The number of aromatic nitrogens is 4. The van der Waals surface area contributed by atoms with Gasteiger partial charge in [0.25, 0.3) is 0 Å². The van der Waals surface area contributed by atoms with Gasteiger partial charge in [0.2, 0.25) is 11.0 Å². The molecule has 0 saturated carbocycles. The van der Waals surface area contributed by atoms with Crippen molar-refractivity contribution in [2.75, 3.05) is 18.9 Å². The van der Waals surface area contributed by atoms with Crippen LogP contribution in [0, 0.1) is 0 Å². The number of hydrogen-bond acceptors (Lipinski definition) is 6. The number of amides is 1. The SMILES string of the molecule is CCc1nnc(NC(=O)CCN(C)Cc2cnc3ccccn23)s1. The van der Waals surface area contributed by atoms with Crippen molar-refractivity contribution in [2.24, 2.45) is 0 Å². The first-order chi connectivity index (χ1) is 11.7. The van der Waals surface area contributed by atoms with Crippen LogP contribution in [0.2, 0.25) is 0 Å². The maximum absolute atomic E-state index is 12.0. The predicted molar refractivity (Wildman–Crippen MR) is 94.1 cm³/mol. The minimum Gasteiger partial charge on any atom is -0.303 e. The van der Waals surface area contributed by atoms with Gasteiger partial charge in [-0.25, -0.2) is 4.98 Å². The first kappa shape index (κ1) is 16.5. The van der Waals surface area contributed by atoms with Crippen LogP contribution < -0.4 is 5.32 Å². The molecule has 0 aliphatic heterocycles. The summed E-state index contributed by atoms with van der Waals surface area (Å²) in [6, 6.07) is 5.93. The van der Waals surface area contributed by atoms with E-state index in [0.29, 0.717) is 18.1 Å². The lowest BCUT2D eigenvalue weighted by atomic mass is 10.3. The van der Waals surface area contributed by atoms with Gasteiger partial charge in [0.05, 0.1) is 11.9 Å². The Morgan fingerprint density at radius 1 is 1.38 bits per heavy atom. The highest BCUT2D eigenvalue weighted by molar-refractivity contribution is 7.15. The number of hydrogen-bond donors (Lipinski definition) is 1. The molecule has 0 bridgehead atoms. The smallest absolute Gasteiger partial charge is 0.227 e. The first-order valence-electron chi connectivity index (χ1n) is 7.87. The third kappa shape index (κ3) is 3.95. The van der Waals surface area contributed by atoms with E-state index in [2.05, 4.69) is 29.8 Å². The maximum Gasteiger partial charge on any atom is 0.227 e. The summed E-state index contributed by atoms with van der Waals surface area (Å²) in [4.78, 5) is 18.5. The van der Waals surface area contributed by atoms with Gasteiger partial charge in [-0.3, -0.25) is 4.79 Å². The summed E-state index contributed by atoms with van der Waals surface area (Å²) in [7, 11) is 2.00. The molecule has 3 aromatic rings. The second-order valence-corrected chi connectivity index (χ2v) is 6.63. The fraction of sp³-hybridized carbons (Fsp3) is 0.375. The van der Waals surface area contributed by atoms with Crippen molar-refractivity contribution in [1.82, 2.24) is 24.5 Å². The fourth-order valence-electron chi connectivity index (χ4n) is 2.38. The molecule has 0 fully saturated rings. The Kier molecular flexibility index (Phi) is 5.17. The molecule has 0 aromatic carbocycles. The molecule has 0 atom stereocenters. The Morgan fingerprint density at radius 2 is 2.25 bits per heavy atom. The van der Waals surface area contributed by atoms with Crippen molar-refractivity contribution in [3.63, 3.8) is 0 Å². The van der Waals surface area contributed by atoms with Gasteiger partial charge < -0.3 is 14.6 Å².